The molecule has 0 unspecified atom stereocenters. The molecule has 1 aliphatic heterocycles. The van der Waals surface area contributed by atoms with Crippen molar-refractivity contribution >= 4 is 15.9 Å². The van der Waals surface area contributed by atoms with Crippen molar-refractivity contribution in [3.8, 4) is 0 Å². The first-order valence-electron chi connectivity index (χ1n) is 9.15. The maximum Gasteiger partial charge on any atom is 0.253 e. The largest absolute Gasteiger partial charge is 0.339 e. The summed E-state index contributed by atoms with van der Waals surface area (Å²) < 4.78 is 29.5. The lowest BCUT2D eigenvalue weighted by atomic mass is 10.2. The molecule has 0 saturated carbocycles. The molecule has 1 atom stereocenters. The first-order valence-corrected chi connectivity index (χ1v) is 10.6. The number of aryl methyl sites for hydroxylation is 1. The molecule has 27 heavy (non-hydrogen) atoms. The van der Waals surface area contributed by atoms with Crippen LogP contribution in [0.4, 0.5) is 0 Å². The Morgan fingerprint density at radius 2 is 1.89 bits per heavy atom. The zero-order valence-electron chi connectivity index (χ0n) is 15.9. The molecule has 0 N–H and O–H groups in total. The standard InChI is InChI=1S/C18H25N5O3S/c1-4-22(5-2)18(24)14-8-10-15(11-9-14)27(25,26)23-12-6-7-16(23)17-20-19-13-21(17)3/h8-11,13,16H,4-7,12H2,1-3H3/t16-/m1/s1. The summed E-state index contributed by atoms with van der Waals surface area (Å²) in [5, 5.41) is 7.96. The molecule has 1 aromatic heterocycles. The van der Waals surface area contributed by atoms with Crippen LogP contribution in [0.2, 0.25) is 0 Å². The fourth-order valence-electron chi connectivity index (χ4n) is 3.48. The average molecular weight is 391 g/mol. The first kappa shape index (κ1) is 19.5. The van der Waals surface area contributed by atoms with Gasteiger partial charge in [-0.25, -0.2) is 8.42 Å². The second-order valence-electron chi connectivity index (χ2n) is 6.58. The molecular weight excluding hydrogens is 366 g/mol. The van der Waals surface area contributed by atoms with Gasteiger partial charge in [-0.1, -0.05) is 0 Å². The lowest BCUT2D eigenvalue weighted by molar-refractivity contribution is 0.0773. The summed E-state index contributed by atoms with van der Waals surface area (Å²) >= 11 is 0. The maximum atomic E-state index is 13.2. The molecular formula is C18H25N5O3S. The number of carbonyl (C=O) groups is 1. The van der Waals surface area contributed by atoms with Crippen molar-refractivity contribution in [2.75, 3.05) is 19.6 Å². The van der Waals surface area contributed by atoms with Crippen molar-refractivity contribution in [1.29, 1.82) is 0 Å². The number of hydrogen-bond donors (Lipinski definition) is 0. The topological polar surface area (TPSA) is 88.4 Å². The molecule has 1 saturated heterocycles. The molecule has 0 aliphatic carbocycles. The third kappa shape index (κ3) is 3.61. The summed E-state index contributed by atoms with van der Waals surface area (Å²) in [6.45, 7) is 5.51. The van der Waals surface area contributed by atoms with Crippen LogP contribution in [0, 0.1) is 0 Å². The van der Waals surface area contributed by atoms with Crippen molar-refractivity contribution in [2.45, 2.75) is 37.6 Å². The van der Waals surface area contributed by atoms with E-state index in [2.05, 4.69) is 10.2 Å². The molecule has 0 spiro atoms. The summed E-state index contributed by atoms with van der Waals surface area (Å²) in [6, 6.07) is 5.87. The molecule has 1 fully saturated rings. The SMILES string of the molecule is CCN(CC)C(=O)c1ccc(S(=O)(=O)N2CCC[C@@H]2c2nncn2C)cc1. The maximum absolute atomic E-state index is 13.2. The fourth-order valence-corrected chi connectivity index (χ4v) is 5.13. The average Bonchev–Trinajstić information content (AvgIpc) is 3.31. The summed E-state index contributed by atoms with van der Waals surface area (Å²) in [7, 11) is -1.87. The van der Waals surface area contributed by atoms with E-state index in [0.29, 0.717) is 37.4 Å². The van der Waals surface area contributed by atoms with Crippen LogP contribution in [0.1, 0.15) is 48.9 Å². The third-order valence-electron chi connectivity index (χ3n) is 5.01. The molecule has 2 heterocycles. The van der Waals surface area contributed by atoms with Gasteiger partial charge >= 0.3 is 0 Å². The van der Waals surface area contributed by atoms with E-state index in [-0.39, 0.29) is 16.8 Å². The first-order chi connectivity index (χ1) is 12.9. The number of nitrogens with zero attached hydrogens (tertiary/aromatic N) is 5. The van der Waals surface area contributed by atoms with Crippen LogP contribution in [0.3, 0.4) is 0 Å². The molecule has 1 aliphatic rings. The van der Waals surface area contributed by atoms with E-state index in [0.717, 1.165) is 6.42 Å². The Morgan fingerprint density at radius 3 is 2.44 bits per heavy atom. The number of hydrogen-bond acceptors (Lipinski definition) is 5. The van der Waals surface area contributed by atoms with Crippen molar-refractivity contribution in [1.82, 2.24) is 24.0 Å². The summed E-state index contributed by atoms with van der Waals surface area (Å²) in [5.74, 6) is 0.548. The molecule has 1 amide bonds. The van der Waals surface area contributed by atoms with Gasteiger partial charge < -0.3 is 9.47 Å². The van der Waals surface area contributed by atoms with Crippen molar-refractivity contribution in [3.05, 3.63) is 42.0 Å². The smallest absolute Gasteiger partial charge is 0.253 e. The van der Waals surface area contributed by atoms with Crippen molar-refractivity contribution in [3.63, 3.8) is 0 Å². The Labute approximate surface area is 159 Å². The van der Waals surface area contributed by atoms with E-state index < -0.39 is 10.0 Å². The number of amides is 1. The van der Waals surface area contributed by atoms with E-state index in [9.17, 15) is 13.2 Å². The molecule has 146 valence electrons. The lowest BCUT2D eigenvalue weighted by Gasteiger charge is -2.23. The highest BCUT2D eigenvalue weighted by atomic mass is 32.2. The number of aromatic nitrogens is 3. The number of sulfonamides is 1. The van der Waals surface area contributed by atoms with Crippen LogP contribution < -0.4 is 0 Å². The molecule has 3 rings (SSSR count). The van der Waals surface area contributed by atoms with Gasteiger partial charge in [0.1, 0.15) is 6.33 Å². The molecule has 1 aromatic carbocycles. The quantitative estimate of drug-likeness (QED) is 0.749. The second kappa shape index (κ2) is 7.77. The fraction of sp³-hybridized carbons (Fsp3) is 0.500. The van der Waals surface area contributed by atoms with Crippen molar-refractivity contribution in [2.24, 2.45) is 7.05 Å². The van der Waals surface area contributed by atoms with Gasteiger partial charge in [0.15, 0.2) is 5.82 Å². The van der Waals surface area contributed by atoms with E-state index in [1.54, 1.807) is 27.9 Å². The molecule has 2 aromatic rings. The van der Waals surface area contributed by atoms with Gasteiger partial charge in [0.05, 0.1) is 10.9 Å². The minimum absolute atomic E-state index is 0.0953. The van der Waals surface area contributed by atoms with Gasteiger partial charge in [-0.3, -0.25) is 4.79 Å². The Kier molecular flexibility index (Phi) is 5.61. The Hall–Kier alpha value is -2.26. The summed E-state index contributed by atoms with van der Waals surface area (Å²) in [5.41, 5.74) is 0.490. The Bertz CT molecular complexity index is 903. The zero-order chi connectivity index (χ0) is 19.6. The van der Waals surface area contributed by atoms with E-state index in [1.165, 1.54) is 16.4 Å². The lowest BCUT2D eigenvalue weighted by Crippen LogP contribution is -2.32. The summed E-state index contributed by atoms with van der Waals surface area (Å²) in [4.78, 5) is 14.3. The van der Waals surface area contributed by atoms with E-state index >= 15 is 0 Å². The summed E-state index contributed by atoms with van der Waals surface area (Å²) in [6.07, 6.45) is 3.06. The Morgan fingerprint density at radius 1 is 1.22 bits per heavy atom. The number of carbonyl (C=O) groups excluding carboxylic acids is 1. The van der Waals surface area contributed by atoms with Crippen LogP contribution in [-0.2, 0) is 17.1 Å². The highest BCUT2D eigenvalue weighted by molar-refractivity contribution is 7.89. The highest BCUT2D eigenvalue weighted by Gasteiger charge is 2.38. The normalized spacial score (nSPS) is 18.0. The predicted octanol–water partition coefficient (Wildman–Crippen LogP) is 1.82. The van der Waals surface area contributed by atoms with Gasteiger partial charge in [0, 0.05) is 32.2 Å². The Balaban J connectivity index is 1.87. The molecule has 8 nitrogen and oxygen atoms in total. The van der Waals surface area contributed by atoms with Crippen LogP contribution in [0.5, 0.6) is 0 Å². The molecule has 0 radical (unpaired) electrons. The third-order valence-corrected chi connectivity index (χ3v) is 6.93. The predicted molar refractivity (Wildman–Crippen MR) is 101 cm³/mol. The van der Waals surface area contributed by atoms with Gasteiger partial charge in [0.2, 0.25) is 10.0 Å². The minimum atomic E-state index is -3.68. The van der Waals surface area contributed by atoms with Gasteiger partial charge in [-0.05, 0) is 51.0 Å². The van der Waals surface area contributed by atoms with Crippen LogP contribution in [0.25, 0.3) is 0 Å². The van der Waals surface area contributed by atoms with E-state index in [1.807, 2.05) is 20.9 Å². The van der Waals surface area contributed by atoms with Gasteiger partial charge in [-0.15, -0.1) is 10.2 Å². The molecule has 0 bridgehead atoms. The number of benzene rings is 1. The minimum Gasteiger partial charge on any atom is -0.339 e. The molecule has 9 heteroatoms. The monoisotopic (exact) mass is 391 g/mol. The zero-order valence-corrected chi connectivity index (χ0v) is 16.7. The van der Waals surface area contributed by atoms with E-state index in [4.69, 9.17) is 0 Å². The van der Waals surface area contributed by atoms with Crippen LogP contribution >= 0.6 is 0 Å². The van der Waals surface area contributed by atoms with Gasteiger partial charge in [-0.2, -0.15) is 4.31 Å². The van der Waals surface area contributed by atoms with Gasteiger partial charge in [0.25, 0.3) is 5.91 Å². The number of rotatable bonds is 6. The van der Waals surface area contributed by atoms with Crippen molar-refractivity contribution < 1.29 is 13.2 Å². The highest BCUT2D eigenvalue weighted by Crippen LogP contribution is 2.35. The van der Waals surface area contributed by atoms with Crippen LogP contribution in [0.15, 0.2) is 35.5 Å². The second-order valence-corrected chi connectivity index (χ2v) is 8.47. The van der Waals surface area contributed by atoms with Crippen LogP contribution in [-0.4, -0.2) is 57.9 Å².